The van der Waals surface area contributed by atoms with E-state index in [1.54, 1.807) is 0 Å². The van der Waals surface area contributed by atoms with Crippen LogP contribution in [0.15, 0.2) is 116 Å². The molecule has 1 aromatic heterocycles. The van der Waals surface area contributed by atoms with E-state index in [1.165, 1.54) is 31.9 Å². The van der Waals surface area contributed by atoms with Crippen LogP contribution in [-0.2, 0) is 22.6 Å². The molecule has 1 aliphatic heterocycles. The third-order valence-corrected chi connectivity index (χ3v) is 10.3. The largest absolute Gasteiger partial charge is 0.392 e. The third-order valence-electron chi connectivity index (χ3n) is 10.3. The topological polar surface area (TPSA) is 96.8 Å². The molecule has 8 heteroatoms. The Labute approximate surface area is 300 Å². The zero-order chi connectivity index (χ0) is 35.2. The van der Waals surface area contributed by atoms with Crippen molar-refractivity contribution in [3.05, 3.63) is 144 Å². The molecule has 1 saturated carbocycles. The normalized spacial score (nSPS) is 20.8. The Morgan fingerprint density at radius 2 is 1.65 bits per heavy atom. The summed E-state index contributed by atoms with van der Waals surface area (Å²) < 4.78 is 13.6. The van der Waals surface area contributed by atoms with E-state index in [0.29, 0.717) is 23.8 Å². The summed E-state index contributed by atoms with van der Waals surface area (Å²) in [6.07, 6.45) is 7.76. The van der Waals surface area contributed by atoms with Gasteiger partial charge in [-0.3, -0.25) is 14.7 Å². The minimum atomic E-state index is -0.531. The summed E-state index contributed by atoms with van der Waals surface area (Å²) in [5.74, 6) is -0.146. The summed E-state index contributed by atoms with van der Waals surface area (Å²) in [5, 5.41) is 12.6. The van der Waals surface area contributed by atoms with Gasteiger partial charge in [-0.2, -0.15) is 0 Å². The van der Waals surface area contributed by atoms with Crippen LogP contribution in [0, 0.1) is 5.92 Å². The molecule has 262 valence electrons. The fraction of sp³-hybridized carbons (Fsp3) is 0.326. The number of aliphatic hydroxyl groups is 1. The number of nitrogens with one attached hydrogen (secondary N) is 1. The van der Waals surface area contributed by atoms with Crippen LogP contribution in [0.3, 0.4) is 0 Å². The highest BCUT2D eigenvalue weighted by molar-refractivity contribution is 5.93. The van der Waals surface area contributed by atoms with Gasteiger partial charge in [0.15, 0.2) is 6.29 Å². The second kappa shape index (κ2) is 16.1. The van der Waals surface area contributed by atoms with E-state index in [4.69, 9.17) is 9.47 Å². The minimum absolute atomic E-state index is 0.0119. The fourth-order valence-corrected chi connectivity index (χ4v) is 7.40. The molecule has 51 heavy (non-hydrogen) atoms. The van der Waals surface area contributed by atoms with Crippen molar-refractivity contribution >= 4 is 16.9 Å². The summed E-state index contributed by atoms with van der Waals surface area (Å²) >= 11 is 0. The summed E-state index contributed by atoms with van der Waals surface area (Å²) in [5.41, 5.74) is 7.76. The zero-order valence-electron chi connectivity index (χ0n) is 29.2. The van der Waals surface area contributed by atoms with Gasteiger partial charge in [-0.05, 0) is 58.9 Å². The molecule has 2 N–H and O–H groups in total. The maximum Gasteiger partial charge on any atom is 0.271 e. The van der Waals surface area contributed by atoms with Gasteiger partial charge in [-0.15, -0.1) is 6.58 Å². The van der Waals surface area contributed by atoms with Crippen molar-refractivity contribution in [3.8, 4) is 11.1 Å². The van der Waals surface area contributed by atoms with Crippen molar-refractivity contribution in [1.82, 2.24) is 20.2 Å². The number of fused-ring (bicyclic) bond motifs is 1. The number of ether oxygens (including phenoxy) is 2. The predicted molar refractivity (Wildman–Crippen MR) is 200 cm³/mol. The highest BCUT2D eigenvalue weighted by Gasteiger charge is 2.40. The van der Waals surface area contributed by atoms with Crippen LogP contribution in [0.2, 0.25) is 0 Å². The number of aliphatic hydroxyl groups excluding tert-OH is 1. The van der Waals surface area contributed by atoms with E-state index in [-0.39, 0.29) is 30.6 Å². The van der Waals surface area contributed by atoms with E-state index in [2.05, 4.69) is 82.2 Å². The molecule has 4 atom stereocenters. The summed E-state index contributed by atoms with van der Waals surface area (Å²) in [7, 11) is 0. The molecule has 0 spiro atoms. The first-order chi connectivity index (χ1) is 25.0. The Hall–Kier alpha value is -4.73. The Balaban J connectivity index is 1.07. The second-order valence-electron chi connectivity index (χ2n) is 13.8. The molecule has 0 radical (unpaired) electrons. The molecule has 0 bridgehead atoms. The van der Waals surface area contributed by atoms with E-state index in [9.17, 15) is 9.90 Å². The smallest absolute Gasteiger partial charge is 0.271 e. The molecule has 8 nitrogen and oxygen atoms in total. The average molecular weight is 683 g/mol. The number of nitrogens with zero attached hydrogens (tertiary/aromatic N) is 3. The fourth-order valence-electron chi connectivity index (χ4n) is 7.40. The maximum atomic E-state index is 12.9. The predicted octanol–water partition coefficient (Wildman–Crippen LogP) is 7.94. The lowest BCUT2D eigenvalue weighted by molar-refractivity contribution is -0.276. The molecule has 1 amide bonds. The lowest BCUT2D eigenvalue weighted by Gasteiger charge is -2.43. The first-order valence-electron chi connectivity index (χ1n) is 18.0. The number of amides is 1. The van der Waals surface area contributed by atoms with Crippen LogP contribution in [0.4, 0.5) is 0 Å². The van der Waals surface area contributed by atoms with Gasteiger partial charge in [0.05, 0.1) is 36.0 Å². The van der Waals surface area contributed by atoms with E-state index >= 15 is 0 Å². The lowest BCUT2D eigenvalue weighted by Crippen LogP contribution is -2.47. The highest BCUT2D eigenvalue weighted by Crippen LogP contribution is 2.42. The van der Waals surface area contributed by atoms with Crippen LogP contribution in [0.1, 0.15) is 77.7 Å². The minimum Gasteiger partial charge on any atom is -0.392 e. The molecular formula is C43H46N4O4. The van der Waals surface area contributed by atoms with Gasteiger partial charge in [0.25, 0.3) is 5.91 Å². The summed E-state index contributed by atoms with van der Waals surface area (Å²) in [4.78, 5) is 24.3. The summed E-state index contributed by atoms with van der Waals surface area (Å²) in [6, 6.07) is 32.7. The first kappa shape index (κ1) is 34.7. The number of rotatable bonds is 12. The molecule has 7 rings (SSSR count). The number of carbonyl (C=O) groups is 1. The number of benzene rings is 4. The molecule has 2 fully saturated rings. The van der Waals surface area contributed by atoms with Crippen LogP contribution in [0.5, 0.6) is 0 Å². The third kappa shape index (κ3) is 8.10. The highest BCUT2D eigenvalue weighted by atomic mass is 16.7. The van der Waals surface area contributed by atoms with Crippen molar-refractivity contribution in [1.29, 1.82) is 0 Å². The standard InChI is InChI=1S/C43H46N4O4/c1-3-23-47(36-11-4-5-12-36)27-40-29(2)41(33-17-15-30(28-48)16-18-33)51-43(50-40)34-21-19-32(20-22-34)35-10-8-9-31(24-35)25-45-42(49)39-26-44-37-13-6-7-14-38(37)46-39/h3,6-10,13-22,24,26,29,36,40-41,43,48H,1,4-5,11-12,23,25,27-28H2,2H3,(H,45,49). The van der Waals surface area contributed by atoms with Crippen LogP contribution in [-0.4, -0.2) is 51.1 Å². The second-order valence-corrected chi connectivity index (χ2v) is 13.8. The molecule has 4 aromatic carbocycles. The first-order valence-corrected chi connectivity index (χ1v) is 18.0. The molecule has 1 saturated heterocycles. The van der Waals surface area contributed by atoms with Gasteiger partial charge in [0.2, 0.25) is 0 Å². The van der Waals surface area contributed by atoms with Crippen LogP contribution < -0.4 is 5.32 Å². The Morgan fingerprint density at radius 3 is 2.39 bits per heavy atom. The van der Waals surface area contributed by atoms with Crippen molar-refractivity contribution < 1.29 is 19.4 Å². The van der Waals surface area contributed by atoms with E-state index < -0.39 is 6.29 Å². The molecule has 5 aromatic rings. The Bertz CT molecular complexity index is 1940. The Kier molecular flexibility index (Phi) is 10.9. The van der Waals surface area contributed by atoms with Crippen LogP contribution in [0.25, 0.3) is 22.2 Å². The number of hydrogen-bond acceptors (Lipinski definition) is 7. The van der Waals surface area contributed by atoms with Gasteiger partial charge in [0.1, 0.15) is 5.69 Å². The number of para-hydroxylation sites is 2. The van der Waals surface area contributed by atoms with Crippen molar-refractivity contribution in [3.63, 3.8) is 0 Å². The van der Waals surface area contributed by atoms with Gasteiger partial charge in [-0.1, -0.05) is 105 Å². The Morgan fingerprint density at radius 1 is 0.902 bits per heavy atom. The quantitative estimate of drug-likeness (QED) is 0.129. The van der Waals surface area contributed by atoms with E-state index in [0.717, 1.165) is 52.0 Å². The SMILES string of the molecule is C=CCN(CC1OC(c2ccc(-c3cccc(CNC(=O)c4cnc5ccccc5n4)c3)cc2)OC(c2ccc(CO)cc2)C1C)C1CCCC1. The lowest BCUT2D eigenvalue weighted by atomic mass is 9.89. The van der Waals surface area contributed by atoms with E-state index in [1.807, 2.05) is 54.6 Å². The maximum absolute atomic E-state index is 12.9. The molecule has 4 unspecified atom stereocenters. The monoisotopic (exact) mass is 682 g/mol. The summed E-state index contributed by atoms with van der Waals surface area (Å²) in [6.45, 7) is 8.31. The average Bonchev–Trinajstić information content (AvgIpc) is 3.73. The molecular weight excluding hydrogens is 636 g/mol. The van der Waals surface area contributed by atoms with Gasteiger partial charge in [0, 0.05) is 37.2 Å². The zero-order valence-corrected chi connectivity index (χ0v) is 29.2. The van der Waals surface area contributed by atoms with Crippen molar-refractivity contribution in [2.24, 2.45) is 5.92 Å². The van der Waals surface area contributed by atoms with Crippen LogP contribution >= 0.6 is 0 Å². The van der Waals surface area contributed by atoms with Gasteiger partial charge in [-0.25, -0.2) is 4.98 Å². The number of carbonyl (C=O) groups excluding carboxylic acids is 1. The van der Waals surface area contributed by atoms with Crippen molar-refractivity contribution in [2.75, 3.05) is 13.1 Å². The number of hydrogen-bond donors (Lipinski definition) is 2. The van der Waals surface area contributed by atoms with Gasteiger partial charge >= 0.3 is 0 Å². The number of aromatic nitrogens is 2. The molecule has 1 aliphatic carbocycles. The van der Waals surface area contributed by atoms with Crippen molar-refractivity contribution in [2.45, 2.75) is 70.3 Å². The molecule has 2 heterocycles. The molecule has 2 aliphatic rings. The van der Waals surface area contributed by atoms with Gasteiger partial charge < -0.3 is 19.9 Å².